The van der Waals surface area contributed by atoms with Crippen LogP contribution in [0.15, 0.2) is 96.8 Å². The molecule has 328 valence electrons. The Morgan fingerprint density at radius 2 is 1.77 bits per heavy atom. The van der Waals surface area contributed by atoms with Crippen LogP contribution >= 0.6 is 0 Å². The molecule has 1 aromatic carbocycles. The minimum atomic E-state index is -1.19. The molecule has 4 amide bonds. The van der Waals surface area contributed by atoms with Crippen molar-refractivity contribution < 1.29 is 43.7 Å². The highest BCUT2D eigenvalue weighted by molar-refractivity contribution is 5.98. The molecule has 7 atom stereocenters. The van der Waals surface area contributed by atoms with Crippen LogP contribution in [0.5, 0.6) is 5.75 Å². The van der Waals surface area contributed by atoms with Crippen molar-refractivity contribution in [2.45, 2.75) is 110 Å². The third kappa shape index (κ3) is 15.2. The number of rotatable bonds is 10. The van der Waals surface area contributed by atoms with Crippen molar-refractivity contribution in [3.63, 3.8) is 0 Å². The van der Waals surface area contributed by atoms with Gasteiger partial charge in [0.2, 0.25) is 17.7 Å². The van der Waals surface area contributed by atoms with Crippen molar-refractivity contribution in [1.29, 1.82) is 0 Å². The molecular weight excluding hydrogens is 781 g/mol. The number of ether oxygens (including phenoxy) is 1. The average Bonchev–Trinajstić information content (AvgIpc) is 3.22. The first kappa shape index (κ1) is 47.7. The Morgan fingerprint density at radius 3 is 2.46 bits per heavy atom. The van der Waals surface area contributed by atoms with Crippen molar-refractivity contribution in [2.75, 3.05) is 11.9 Å². The lowest BCUT2D eigenvalue weighted by molar-refractivity contribution is -0.156. The van der Waals surface area contributed by atoms with Gasteiger partial charge in [-0.15, -0.1) is 0 Å². The SMILES string of the molecule is CC(=O)CC[C@H]1C(=O)N[C@@H](C(C)C)C(=O)N[C@@H](Cc2cccc(O)c2)C(=O)N2CCCC(N2)C(=O)O[C@H](/C(C)=C/C=C/C(=O)Nc2ccccn2)C/C=C/C=C/C[C@H](C)[C@H]1O. The lowest BCUT2D eigenvalue weighted by atomic mass is 9.85. The van der Waals surface area contributed by atoms with Crippen LogP contribution in [0, 0.1) is 17.8 Å². The molecule has 0 saturated carbocycles. The number of phenolic OH excluding ortho intramolecular Hbond substituents is 1. The van der Waals surface area contributed by atoms with Gasteiger partial charge in [0.15, 0.2) is 0 Å². The molecule has 1 unspecified atom stereocenters. The maximum absolute atomic E-state index is 14.3. The highest BCUT2D eigenvalue weighted by Crippen LogP contribution is 2.24. The Kier molecular flexibility index (Phi) is 18.6. The predicted octanol–water partition coefficient (Wildman–Crippen LogP) is 4.39. The summed E-state index contributed by atoms with van der Waals surface area (Å²) in [6, 6.07) is 8.23. The highest BCUT2D eigenvalue weighted by atomic mass is 16.5. The summed E-state index contributed by atoms with van der Waals surface area (Å²) in [5, 5.41) is 31.3. The standard InChI is InChI=1S/C46H60N6O9/c1-29(2)41-44(58)48-37(28-33-17-13-18-34(54)27-33)45(59)52-26-14-19-36(51-52)46(60)61-38(30(3)16-12-22-40(55)49-39-21-10-11-25-47-39)20-9-7-6-8-15-31(4)42(56)35(43(57)50-41)24-23-32(5)53/h6-13,16-18,21-22,25,27,29,31,35-38,41-42,51,54,56H,14-15,19-20,23-24,26,28H2,1-5H3,(H,48,58)(H,50,57)(H,47,49,55)/b8-6+,9-7+,22-12+,30-16+/t31-,35+,36?,37-,38-,41-,42+/m0/s1. The number of hydrogen-bond acceptors (Lipinski definition) is 11. The van der Waals surface area contributed by atoms with Gasteiger partial charge in [0.1, 0.15) is 41.6 Å². The van der Waals surface area contributed by atoms with Crippen molar-refractivity contribution >= 4 is 41.2 Å². The molecule has 0 spiro atoms. The molecule has 2 aromatic rings. The van der Waals surface area contributed by atoms with Gasteiger partial charge in [-0.1, -0.05) is 75.4 Å². The zero-order valence-electron chi connectivity index (χ0n) is 35.6. The predicted molar refractivity (Wildman–Crippen MR) is 230 cm³/mol. The lowest BCUT2D eigenvalue weighted by Gasteiger charge is -2.36. The molecule has 1 aromatic heterocycles. The van der Waals surface area contributed by atoms with Crippen LogP contribution in [0.25, 0.3) is 0 Å². The number of benzene rings is 1. The summed E-state index contributed by atoms with van der Waals surface area (Å²) >= 11 is 0. The van der Waals surface area contributed by atoms with E-state index in [-0.39, 0.29) is 43.8 Å². The van der Waals surface area contributed by atoms with Crippen molar-refractivity contribution in [3.05, 3.63) is 102 Å². The topological polar surface area (TPSA) is 216 Å². The van der Waals surface area contributed by atoms with E-state index in [0.29, 0.717) is 36.2 Å². The van der Waals surface area contributed by atoms with Gasteiger partial charge >= 0.3 is 5.97 Å². The van der Waals surface area contributed by atoms with Crippen LogP contribution in [0.3, 0.4) is 0 Å². The van der Waals surface area contributed by atoms with Gasteiger partial charge < -0.3 is 35.7 Å². The number of nitrogens with one attached hydrogen (secondary N) is 4. The number of ketones is 1. The second kappa shape index (κ2) is 23.8. The largest absolute Gasteiger partial charge is 0.508 e. The van der Waals surface area contributed by atoms with Crippen molar-refractivity contribution in [3.8, 4) is 5.75 Å². The number of aromatic hydroxyl groups is 1. The van der Waals surface area contributed by atoms with Crippen LogP contribution < -0.4 is 21.4 Å². The third-order valence-corrected chi connectivity index (χ3v) is 10.6. The molecule has 6 N–H and O–H groups in total. The van der Waals surface area contributed by atoms with E-state index in [2.05, 4.69) is 26.4 Å². The minimum absolute atomic E-state index is 0.0260. The smallest absolute Gasteiger partial charge is 0.325 e. The van der Waals surface area contributed by atoms with E-state index >= 15 is 0 Å². The first-order chi connectivity index (χ1) is 29.1. The number of carbonyl (C=O) groups excluding carboxylic acids is 6. The van der Waals surface area contributed by atoms with Crippen molar-refractivity contribution in [1.82, 2.24) is 26.1 Å². The maximum Gasteiger partial charge on any atom is 0.325 e. The molecule has 61 heavy (non-hydrogen) atoms. The third-order valence-electron chi connectivity index (χ3n) is 10.6. The molecule has 1 saturated heterocycles. The number of carbonyl (C=O) groups is 6. The summed E-state index contributed by atoms with van der Waals surface area (Å²) < 4.78 is 6.06. The number of Topliss-reactive ketones (excluding diaryl/α,β-unsaturated/α-hetero) is 1. The number of phenols is 1. The fourth-order valence-corrected chi connectivity index (χ4v) is 7.03. The van der Waals surface area contributed by atoms with E-state index in [0.717, 1.165) is 0 Å². The first-order valence-corrected chi connectivity index (χ1v) is 20.9. The summed E-state index contributed by atoms with van der Waals surface area (Å²) in [5.74, 6) is -4.43. The molecule has 0 aliphatic carbocycles. The Bertz CT molecular complexity index is 1960. The fraction of sp³-hybridized carbons (Fsp3) is 0.457. The Morgan fingerprint density at radius 1 is 1.02 bits per heavy atom. The molecule has 3 heterocycles. The number of pyridine rings is 1. The Balaban J connectivity index is 1.67. The van der Waals surface area contributed by atoms with Crippen LogP contribution in [0.4, 0.5) is 5.82 Å². The van der Waals surface area contributed by atoms with Gasteiger partial charge in [-0.3, -0.25) is 29.0 Å². The van der Waals surface area contributed by atoms with E-state index in [4.69, 9.17) is 4.74 Å². The van der Waals surface area contributed by atoms with Crippen LogP contribution in [0.2, 0.25) is 0 Å². The van der Waals surface area contributed by atoms with Gasteiger partial charge in [-0.2, -0.15) is 0 Å². The minimum Gasteiger partial charge on any atom is -0.508 e. The second-order valence-corrected chi connectivity index (χ2v) is 16.0. The first-order valence-electron chi connectivity index (χ1n) is 20.9. The van der Waals surface area contributed by atoms with Gasteiger partial charge in [0, 0.05) is 38.1 Å². The number of amides is 4. The molecule has 1 fully saturated rings. The Labute approximate surface area is 357 Å². The molecular formula is C46H60N6O9. The van der Waals surface area contributed by atoms with Gasteiger partial charge in [0.25, 0.3) is 5.91 Å². The van der Waals surface area contributed by atoms with Gasteiger partial charge in [-0.05, 0) is 86.8 Å². The molecule has 15 heteroatoms. The number of esters is 1. The molecule has 2 aliphatic heterocycles. The zero-order valence-corrected chi connectivity index (χ0v) is 35.6. The quantitative estimate of drug-likeness (QED) is 0.112. The van der Waals surface area contributed by atoms with E-state index < -0.39 is 77.7 Å². The van der Waals surface area contributed by atoms with Crippen LogP contribution in [-0.2, 0) is 39.9 Å². The summed E-state index contributed by atoms with van der Waals surface area (Å²) in [4.78, 5) is 84.8. The highest BCUT2D eigenvalue weighted by Gasteiger charge is 2.38. The fourth-order valence-electron chi connectivity index (χ4n) is 7.03. The Hall–Kier alpha value is -5.93. The lowest BCUT2D eigenvalue weighted by Crippen LogP contribution is -2.62. The summed E-state index contributed by atoms with van der Waals surface area (Å²) in [7, 11) is 0. The number of hydrogen-bond donors (Lipinski definition) is 6. The maximum atomic E-state index is 14.3. The number of aromatic nitrogens is 1. The molecule has 0 radical (unpaired) electrons. The number of aliphatic hydroxyl groups excluding tert-OH is 1. The molecule has 4 rings (SSSR count). The number of nitrogens with zero attached hydrogens (tertiary/aromatic N) is 2. The summed E-state index contributed by atoms with van der Waals surface area (Å²) in [5.41, 5.74) is 4.21. The monoisotopic (exact) mass is 840 g/mol. The van der Waals surface area contributed by atoms with Gasteiger partial charge in [0.05, 0.1) is 12.0 Å². The normalized spacial score (nSPS) is 26.3. The van der Waals surface area contributed by atoms with E-state index in [1.165, 1.54) is 30.1 Å². The molecule has 2 bridgehead atoms. The zero-order chi connectivity index (χ0) is 44.5. The van der Waals surface area contributed by atoms with E-state index in [1.54, 1.807) is 88.5 Å². The van der Waals surface area contributed by atoms with E-state index in [9.17, 15) is 39.0 Å². The molecule has 2 aliphatic rings. The number of anilines is 1. The average molecular weight is 841 g/mol. The van der Waals surface area contributed by atoms with Crippen molar-refractivity contribution in [2.24, 2.45) is 17.8 Å². The van der Waals surface area contributed by atoms with Crippen LogP contribution in [-0.4, -0.2) is 92.5 Å². The number of hydrazine groups is 1. The number of cyclic esters (lactones) is 1. The van der Waals surface area contributed by atoms with E-state index in [1.807, 2.05) is 12.2 Å². The second-order valence-electron chi connectivity index (χ2n) is 16.0. The molecule has 15 nitrogen and oxygen atoms in total. The van der Waals surface area contributed by atoms with Gasteiger partial charge in [-0.25, -0.2) is 10.4 Å². The number of fused-ring (bicyclic) bond motifs is 2. The summed E-state index contributed by atoms with van der Waals surface area (Å²) in [6.07, 6.45) is 13.0. The summed E-state index contributed by atoms with van der Waals surface area (Å²) in [6.45, 7) is 8.68. The number of allylic oxidation sites excluding steroid dienone is 5. The van der Waals surface area contributed by atoms with Crippen LogP contribution in [0.1, 0.15) is 78.7 Å². The number of aliphatic hydroxyl groups is 1.